The molecule has 1 fully saturated rings. The average Bonchev–Trinajstić information content (AvgIpc) is 3.20. The van der Waals surface area contributed by atoms with Crippen LogP contribution in [0.5, 0.6) is 10.9 Å². The van der Waals surface area contributed by atoms with Crippen LogP contribution in [-0.2, 0) is 9.53 Å². The molecule has 184 valence electrons. The first-order valence-corrected chi connectivity index (χ1v) is 11.8. The minimum atomic E-state index is -4.64. The lowest BCUT2D eigenvalue weighted by Gasteiger charge is -2.34. The van der Waals surface area contributed by atoms with E-state index in [1.54, 1.807) is 23.6 Å². The number of carbonyl (C=O) groups excluding carboxylic acids is 1. The predicted octanol–water partition coefficient (Wildman–Crippen LogP) is 4.65. The Labute approximate surface area is 202 Å². The fourth-order valence-electron chi connectivity index (χ4n) is 3.67. The Morgan fingerprint density at radius 3 is 2.82 bits per heavy atom. The Kier molecular flexibility index (Phi) is 7.36. The molecule has 2 aromatic rings. The van der Waals surface area contributed by atoms with Gasteiger partial charge in [-0.25, -0.2) is 4.98 Å². The van der Waals surface area contributed by atoms with E-state index in [4.69, 9.17) is 21.1 Å². The van der Waals surface area contributed by atoms with Gasteiger partial charge in [0, 0.05) is 41.8 Å². The van der Waals surface area contributed by atoms with Gasteiger partial charge in [0.15, 0.2) is 6.10 Å². The number of benzene rings is 1. The van der Waals surface area contributed by atoms with E-state index in [9.17, 15) is 23.1 Å². The summed E-state index contributed by atoms with van der Waals surface area (Å²) in [5, 5.41) is 15.6. The molecule has 34 heavy (non-hydrogen) atoms. The second-order valence-electron chi connectivity index (χ2n) is 8.08. The number of hydrogen-bond donors (Lipinski definition) is 2. The number of ether oxygens (including phenoxy) is 3. The second-order valence-corrected chi connectivity index (χ2v) is 9.34. The van der Waals surface area contributed by atoms with E-state index in [0.717, 1.165) is 0 Å². The van der Waals surface area contributed by atoms with Crippen LogP contribution in [0, 0.1) is 0 Å². The van der Waals surface area contributed by atoms with Crippen molar-refractivity contribution in [1.82, 2.24) is 10.3 Å². The summed E-state index contributed by atoms with van der Waals surface area (Å²) in [6, 6.07) is 4.87. The van der Waals surface area contributed by atoms with E-state index < -0.39 is 24.7 Å². The van der Waals surface area contributed by atoms with E-state index in [1.807, 2.05) is 0 Å². The lowest BCUT2D eigenvalue weighted by Crippen LogP contribution is -2.42. The van der Waals surface area contributed by atoms with Crippen LogP contribution in [0.1, 0.15) is 43.0 Å². The van der Waals surface area contributed by atoms with Gasteiger partial charge < -0.3 is 19.9 Å². The molecule has 2 aliphatic rings. The van der Waals surface area contributed by atoms with Crippen LogP contribution in [0.3, 0.4) is 0 Å². The predicted molar refractivity (Wildman–Crippen MR) is 119 cm³/mol. The number of hydrogen-bond acceptors (Lipinski definition) is 7. The fraction of sp³-hybridized carbons (Fsp3) is 0.455. The van der Waals surface area contributed by atoms with Crippen molar-refractivity contribution < 1.29 is 37.3 Å². The molecule has 0 spiro atoms. The minimum Gasteiger partial charge on any atom is -0.480 e. The molecule has 4 rings (SSSR count). The van der Waals surface area contributed by atoms with E-state index in [0.29, 0.717) is 39.2 Å². The van der Waals surface area contributed by atoms with Gasteiger partial charge >= 0.3 is 6.36 Å². The van der Waals surface area contributed by atoms with Gasteiger partial charge in [-0.3, -0.25) is 9.53 Å². The van der Waals surface area contributed by atoms with Crippen molar-refractivity contribution in [3.05, 3.63) is 46.4 Å². The fourth-order valence-corrected chi connectivity index (χ4v) is 4.63. The summed E-state index contributed by atoms with van der Waals surface area (Å²) in [5.74, 6) is 0.0702. The highest BCUT2D eigenvalue weighted by Gasteiger charge is 2.41. The van der Waals surface area contributed by atoms with Gasteiger partial charge in [-0.2, -0.15) is 0 Å². The maximum absolute atomic E-state index is 12.5. The van der Waals surface area contributed by atoms with Crippen molar-refractivity contribution in [2.75, 3.05) is 6.54 Å². The molecule has 1 amide bonds. The number of nitrogens with zero attached hydrogens (tertiary/aromatic N) is 1. The number of nitrogens with one attached hydrogen (secondary N) is 1. The van der Waals surface area contributed by atoms with Crippen molar-refractivity contribution in [2.24, 2.45) is 0 Å². The number of thiazole rings is 1. The summed E-state index contributed by atoms with van der Waals surface area (Å²) in [6.07, 6.45) is -6.75. The van der Waals surface area contributed by atoms with Crippen LogP contribution in [0.4, 0.5) is 13.2 Å². The maximum atomic E-state index is 12.5. The van der Waals surface area contributed by atoms with Gasteiger partial charge in [-0.15, -0.1) is 13.2 Å². The van der Waals surface area contributed by atoms with Gasteiger partial charge in [0.2, 0.25) is 0 Å². The minimum absolute atomic E-state index is 0.114. The van der Waals surface area contributed by atoms with Crippen molar-refractivity contribution in [1.29, 1.82) is 0 Å². The topological polar surface area (TPSA) is 89.9 Å². The average molecular weight is 519 g/mol. The number of carbonyl (C=O) groups is 1. The molecule has 0 saturated heterocycles. The molecule has 2 atom stereocenters. The highest BCUT2D eigenvalue weighted by atomic mass is 35.5. The highest BCUT2D eigenvalue weighted by molar-refractivity contribution is 7.11. The molecule has 1 saturated carbocycles. The third-order valence-electron chi connectivity index (χ3n) is 5.52. The maximum Gasteiger partial charge on any atom is 0.522 e. The Hall–Kier alpha value is -2.34. The van der Waals surface area contributed by atoms with Crippen LogP contribution in [-0.4, -0.2) is 47.2 Å². The number of rotatable bonds is 8. The monoisotopic (exact) mass is 518 g/mol. The molecule has 1 aliphatic heterocycles. The van der Waals surface area contributed by atoms with Crippen LogP contribution < -0.4 is 14.8 Å². The molecule has 12 heteroatoms. The van der Waals surface area contributed by atoms with Gasteiger partial charge in [0.05, 0.1) is 17.9 Å². The van der Waals surface area contributed by atoms with E-state index in [2.05, 4.69) is 21.6 Å². The Bertz CT molecular complexity index is 1060. The lowest BCUT2D eigenvalue weighted by atomic mass is 9.92. The molecular weight excluding hydrogens is 497 g/mol. The van der Waals surface area contributed by atoms with Crippen LogP contribution in [0.2, 0.25) is 5.02 Å². The van der Waals surface area contributed by atoms with Gasteiger partial charge in [0.25, 0.3) is 11.1 Å². The molecule has 0 bridgehead atoms. The first-order chi connectivity index (χ1) is 16.1. The molecule has 1 aromatic heterocycles. The Morgan fingerprint density at radius 2 is 2.09 bits per heavy atom. The first-order valence-electron chi connectivity index (χ1n) is 10.5. The standard InChI is InChI=1S/C22H22ClF3N2O5S/c1-11(16-10-34-21(28-16)31-13-7-14(8-13)33-22(24,25)26)4-5-27-20(30)19-9-17(29)15-6-12(23)2-3-18(15)32-19/h2-3,6,10,13-14,17,19,29H,1,4-5,7-9H2,(H,27,30)/t13?,14?,17-,19-/m1/s1. The highest BCUT2D eigenvalue weighted by Crippen LogP contribution is 2.37. The van der Waals surface area contributed by atoms with Gasteiger partial charge in [-0.1, -0.05) is 29.5 Å². The third kappa shape index (κ3) is 6.21. The molecule has 2 N–H and O–H groups in total. The van der Waals surface area contributed by atoms with Gasteiger partial charge in [0.1, 0.15) is 11.9 Å². The van der Waals surface area contributed by atoms with Crippen molar-refractivity contribution in [3.63, 3.8) is 0 Å². The van der Waals surface area contributed by atoms with E-state index >= 15 is 0 Å². The summed E-state index contributed by atoms with van der Waals surface area (Å²) >= 11 is 7.17. The normalized spacial score (nSPS) is 23.9. The molecule has 1 aliphatic carbocycles. The Morgan fingerprint density at radius 1 is 1.32 bits per heavy atom. The number of aliphatic hydroxyl groups excluding tert-OH is 1. The Balaban J connectivity index is 1.19. The number of amides is 1. The van der Waals surface area contributed by atoms with E-state index in [-0.39, 0.29) is 37.8 Å². The molecule has 7 nitrogen and oxygen atoms in total. The third-order valence-corrected chi connectivity index (χ3v) is 6.49. The lowest BCUT2D eigenvalue weighted by molar-refractivity contribution is -0.355. The summed E-state index contributed by atoms with van der Waals surface area (Å²) in [5.41, 5.74) is 1.81. The summed E-state index contributed by atoms with van der Waals surface area (Å²) < 4.78 is 51.8. The summed E-state index contributed by atoms with van der Waals surface area (Å²) in [6.45, 7) is 4.26. The smallest absolute Gasteiger partial charge is 0.480 e. The molecule has 0 unspecified atom stereocenters. The van der Waals surface area contributed by atoms with Gasteiger partial charge in [-0.05, 0) is 30.2 Å². The largest absolute Gasteiger partial charge is 0.522 e. The summed E-state index contributed by atoms with van der Waals surface area (Å²) in [7, 11) is 0. The van der Waals surface area contributed by atoms with E-state index in [1.165, 1.54) is 11.3 Å². The van der Waals surface area contributed by atoms with Crippen LogP contribution in [0.15, 0.2) is 30.2 Å². The zero-order chi connectivity index (χ0) is 24.5. The number of aromatic nitrogens is 1. The van der Waals surface area contributed by atoms with Crippen molar-refractivity contribution in [3.8, 4) is 10.9 Å². The summed E-state index contributed by atoms with van der Waals surface area (Å²) in [4.78, 5) is 16.8. The SMILES string of the molecule is C=C(CCNC(=O)[C@H]1C[C@@H](O)c2cc(Cl)ccc2O1)c1csc(OC2CC(OC(F)(F)F)C2)n1. The molecule has 0 radical (unpaired) electrons. The molecular formula is C22H22ClF3N2O5S. The number of aliphatic hydroxyl groups is 1. The molecule has 1 aromatic carbocycles. The molecule has 2 heterocycles. The first kappa shape index (κ1) is 24.8. The quantitative estimate of drug-likeness (QED) is 0.529. The van der Waals surface area contributed by atoms with Crippen molar-refractivity contribution in [2.45, 2.75) is 56.5 Å². The zero-order valence-electron chi connectivity index (χ0n) is 17.8. The second kappa shape index (κ2) is 10.1. The van der Waals surface area contributed by atoms with Crippen molar-refractivity contribution >= 4 is 34.4 Å². The van der Waals surface area contributed by atoms with Crippen LogP contribution >= 0.6 is 22.9 Å². The zero-order valence-corrected chi connectivity index (χ0v) is 19.4. The number of alkyl halides is 3. The van der Waals surface area contributed by atoms with Crippen LogP contribution in [0.25, 0.3) is 5.57 Å². The number of halogens is 4. The number of fused-ring (bicyclic) bond motifs is 1.